The van der Waals surface area contributed by atoms with E-state index in [0.717, 1.165) is 6.07 Å². The van der Waals surface area contributed by atoms with Crippen LogP contribution in [0.15, 0.2) is 55.0 Å². The van der Waals surface area contributed by atoms with Crippen LogP contribution < -0.4 is 10.6 Å². The molecule has 0 saturated carbocycles. The van der Waals surface area contributed by atoms with E-state index in [1.165, 1.54) is 35.4 Å². The standard InChI is InChI=1S/C22H18ClFN8O3/c1-12(15-4-3-9-25-19(15)23)35-22(34)29-20-18(30-31-32(20)2)16-7-5-13(10-26-16)21(33)28-14-6-8-17(24)27-11-14/h3-12H,1-2H3,(H,28,33)(H,29,34)/t12-/m1/s1. The van der Waals surface area contributed by atoms with Gasteiger partial charge in [-0.15, -0.1) is 5.10 Å². The number of carbonyl (C=O) groups excluding carboxylic acids is 2. The van der Waals surface area contributed by atoms with Gasteiger partial charge in [-0.05, 0) is 37.3 Å². The fourth-order valence-corrected chi connectivity index (χ4v) is 3.32. The van der Waals surface area contributed by atoms with Gasteiger partial charge in [-0.3, -0.25) is 15.1 Å². The average Bonchev–Trinajstić information content (AvgIpc) is 3.20. The molecule has 0 spiro atoms. The summed E-state index contributed by atoms with van der Waals surface area (Å²) in [7, 11) is 1.59. The molecule has 4 aromatic rings. The Morgan fingerprint density at radius 3 is 2.60 bits per heavy atom. The van der Waals surface area contributed by atoms with Crippen LogP contribution in [0.5, 0.6) is 0 Å². The molecule has 4 rings (SSSR count). The van der Waals surface area contributed by atoms with E-state index in [-0.39, 0.29) is 22.2 Å². The highest BCUT2D eigenvalue weighted by atomic mass is 35.5. The third-order valence-electron chi connectivity index (χ3n) is 4.81. The summed E-state index contributed by atoms with van der Waals surface area (Å²) in [6, 6.07) is 9.00. The molecular formula is C22H18ClFN8O3. The van der Waals surface area contributed by atoms with Crippen LogP contribution in [0.3, 0.4) is 0 Å². The van der Waals surface area contributed by atoms with E-state index in [1.807, 2.05) is 0 Å². The maximum absolute atomic E-state index is 12.9. The van der Waals surface area contributed by atoms with Crippen molar-refractivity contribution in [3.63, 3.8) is 0 Å². The first kappa shape index (κ1) is 23.7. The van der Waals surface area contributed by atoms with E-state index >= 15 is 0 Å². The number of ether oxygens (including phenoxy) is 1. The molecule has 13 heteroatoms. The molecule has 0 saturated heterocycles. The lowest BCUT2D eigenvalue weighted by Gasteiger charge is -2.15. The Bertz CT molecular complexity index is 1360. The number of pyridine rings is 3. The minimum absolute atomic E-state index is 0.236. The van der Waals surface area contributed by atoms with Crippen LogP contribution in [0.25, 0.3) is 11.4 Å². The number of anilines is 2. The van der Waals surface area contributed by atoms with Crippen LogP contribution in [0.2, 0.25) is 5.15 Å². The second-order valence-corrected chi connectivity index (χ2v) is 7.58. The van der Waals surface area contributed by atoms with E-state index in [4.69, 9.17) is 16.3 Å². The molecule has 2 amide bonds. The molecule has 35 heavy (non-hydrogen) atoms. The Morgan fingerprint density at radius 1 is 1.09 bits per heavy atom. The monoisotopic (exact) mass is 496 g/mol. The van der Waals surface area contributed by atoms with Gasteiger partial charge in [0, 0.05) is 25.0 Å². The number of rotatable bonds is 6. The zero-order valence-corrected chi connectivity index (χ0v) is 19.2. The molecule has 0 bridgehead atoms. The van der Waals surface area contributed by atoms with Gasteiger partial charge in [0.25, 0.3) is 5.91 Å². The van der Waals surface area contributed by atoms with Crippen LogP contribution in [0, 0.1) is 5.95 Å². The lowest BCUT2D eigenvalue weighted by Crippen LogP contribution is -2.18. The second-order valence-electron chi connectivity index (χ2n) is 7.22. The van der Waals surface area contributed by atoms with Gasteiger partial charge in [-0.1, -0.05) is 22.9 Å². The number of nitrogens with zero attached hydrogens (tertiary/aromatic N) is 6. The van der Waals surface area contributed by atoms with Crippen molar-refractivity contribution < 1.29 is 18.7 Å². The van der Waals surface area contributed by atoms with Gasteiger partial charge >= 0.3 is 6.09 Å². The highest BCUT2D eigenvalue weighted by molar-refractivity contribution is 6.30. The summed E-state index contributed by atoms with van der Waals surface area (Å²) in [6.07, 6.45) is 2.66. The second kappa shape index (κ2) is 10.2. The molecule has 0 aliphatic heterocycles. The van der Waals surface area contributed by atoms with Crippen LogP contribution >= 0.6 is 11.6 Å². The van der Waals surface area contributed by atoms with Gasteiger partial charge in [0.05, 0.1) is 23.1 Å². The Kier molecular flexibility index (Phi) is 6.92. The first-order chi connectivity index (χ1) is 16.8. The summed E-state index contributed by atoms with van der Waals surface area (Å²) in [6.45, 7) is 1.66. The van der Waals surface area contributed by atoms with Crippen molar-refractivity contribution in [1.82, 2.24) is 29.9 Å². The number of amides is 2. The zero-order chi connectivity index (χ0) is 24.9. The predicted molar refractivity (Wildman–Crippen MR) is 124 cm³/mol. The fourth-order valence-electron chi connectivity index (χ4n) is 3.04. The number of halogens is 2. The molecule has 1 atom stereocenters. The maximum atomic E-state index is 12.9. The Hall–Kier alpha value is -4.45. The lowest BCUT2D eigenvalue weighted by molar-refractivity contribution is 0.102. The van der Waals surface area contributed by atoms with Crippen LogP contribution in [0.4, 0.5) is 20.7 Å². The van der Waals surface area contributed by atoms with Gasteiger partial charge in [0.15, 0.2) is 11.5 Å². The summed E-state index contributed by atoms with van der Waals surface area (Å²) in [5.74, 6) is -0.871. The van der Waals surface area contributed by atoms with E-state index in [2.05, 4.69) is 35.9 Å². The maximum Gasteiger partial charge on any atom is 0.413 e. The quantitative estimate of drug-likeness (QED) is 0.382. The summed E-state index contributed by atoms with van der Waals surface area (Å²) in [4.78, 5) is 36.6. The molecule has 0 aliphatic carbocycles. The Labute approximate surface area is 203 Å². The van der Waals surface area contributed by atoms with Crippen molar-refractivity contribution in [2.24, 2.45) is 7.05 Å². The van der Waals surface area contributed by atoms with Gasteiger partial charge in [0.1, 0.15) is 11.3 Å². The van der Waals surface area contributed by atoms with Crippen molar-refractivity contribution in [3.05, 3.63) is 77.2 Å². The summed E-state index contributed by atoms with van der Waals surface area (Å²) in [5, 5.41) is 13.4. The predicted octanol–water partition coefficient (Wildman–Crippen LogP) is 4.02. The molecule has 2 N–H and O–H groups in total. The average molecular weight is 497 g/mol. The molecule has 4 heterocycles. The van der Waals surface area contributed by atoms with Crippen LogP contribution in [-0.2, 0) is 11.8 Å². The molecule has 4 aromatic heterocycles. The third kappa shape index (κ3) is 5.55. The summed E-state index contributed by atoms with van der Waals surface area (Å²) >= 11 is 6.06. The summed E-state index contributed by atoms with van der Waals surface area (Å²) in [5.41, 5.74) is 1.77. The lowest BCUT2D eigenvalue weighted by atomic mass is 10.2. The number of aromatic nitrogens is 6. The Morgan fingerprint density at radius 2 is 1.91 bits per heavy atom. The van der Waals surface area contributed by atoms with Crippen LogP contribution in [-0.4, -0.2) is 41.9 Å². The van der Waals surface area contributed by atoms with Crippen molar-refractivity contribution in [2.45, 2.75) is 13.0 Å². The third-order valence-corrected chi connectivity index (χ3v) is 5.13. The van der Waals surface area contributed by atoms with Gasteiger partial charge in [0.2, 0.25) is 5.95 Å². The fraction of sp³-hybridized carbons (Fsp3) is 0.136. The largest absolute Gasteiger partial charge is 0.441 e. The normalized spacial score (nSPS) is 11.5. The minimum atomic E-state index is -0.757. The van der Waals surface area contributed by atoms with E-state index in [9.17, 15) is 14.0 Å². The van der Waals surface area contributed by atoms with E-state index < -0.39 is 24.1 Å². The first-order valence-corrected chi connectivity index (χ1v) is 10.6. The van der Waals surface area contributed by atoms with Crippen molar-refractivity contribution in [1.29, 1.82) is 0 Å². The van der Waals surface area contributed by atoms with Gasteiger partial charge in [-0.25, -0.2) is 19.4 Å². The van der Waals surface area contributed by atoms with Gasteiger partial charge in [-0.2, -0.15) is 4.39 Å². The number of hydrogen-bond donors (Lipinski definition) is 2. The molecule has 0 fully saturated rings. The van der Waals surface area contributed by atoms with Crippen molar-refractivity contribution in [3.8, 4) is 11.4 Å². The molecule has 0 unspecified atom stereocenters. The molecular weight excluding hydrogens is 479 g/mol. The highest BCUT2D eigenvalue weighted by Crippen LogP contribution is 2.26. The number of aryl methyl sites for hydroxylation is 1. The molecule has 178 valence electrons. The molecule has 11 nitrogen and oxygen atoms in total. The Balaban J connectivity index is 1.45. The SMILES string of the molecule is C[C@@H](OC(=O)Nc1c(-c2ccc(C(=O)Nc3ccc(F)nc3)cn2)nnn1C)c1cccnc1Cl. The molecule has 0 radical (unpaired) electrons. The van der Waals surface area contributed by atoms with E-state index in [1.54, 1.807) is 32.2 Å². The van der Waals surface area contributed by atoms with Crippen molar-refractivity contribution >= 4 is 35.1 Å². The number of hydrogen-bond acceptors (Lipinski definition) is 8. The molecule has 0 aromatic carbocycles. The molecule has 0 aliphatic rings. The number of nitrogens with one attached hydrogen (secondary N) is 2. The smallest absolute Gasteiger partial charge is 0.413 e. The zero-order valence-electron chi connectivity index (χ0n) is 18.4. The minimum Gasteiger partial charge on any atom is -0.441 e. The first-order valence-electron chi connectivity index (χ1n) is 10.2. The van der Waals surface area contributed by atoms with Crippen LogP contribution in [0.1, 0.15) is 28.9 Å². The van der Waals surface area contributed by atoms with Gasteiger partial charge < -0.3 is 10.1 Å². The van der Waals surface area contributed by atoms with Crippen molar-refractivity contribution in [2.75, 3.05) is 10.6 Å². The summed E-state index contributed by atoms with van der Waals surface area (Å²) < 4.78 is 19.7. The highest BCUT2D eigenvalue weighted by Gasteiger charge is 2.20. The number of carbonyl (C=O) groups is 2. The topological polar surface area (TPSA) is 137 Å². The van der Waals surface area contributed by atoms with E-state index in [0.29, 0.717) is 16.9 Å².